The normalized spacial score (nSPS) is 31.0. The van der Waals surface area contributed by atoms with E-state index in [2.05, 4.69) is 25.2 Å². The summed E-state index contributed by atoms with van der Waals surface area (Å²) < 4.78 is 5.59. The molecule has 0 aliphatic heterocycles. The molecule has 1 aromatic heterocycles. The van der Waals surface area contributed by atoms with Crippen LogP contribution in [0.15, 0.2) is 16.7 Å². The molecule has 0 saturated heterocycles. The van der Waals surface area contributed by atoms with Gasteiger partial charge in [0, 0.05) is 24.1 Å². The molecule has 2 atom stereocenters. The summed E-state index contributed by atoms with van der Waals surface area (Å²) >= 11 is 0. The van der Waals surface area contributed by atoms with E-state index in [0.29, 0.717) is 17.5 Å². The van der Waals surface area contributed by atoms with Crippen molar-refractivity contribution in [3.05, 3.63) is 23.7 Å². The van der Waals surface area contributed by atoms with Gasteiger partial charge in [-0.05, 0) is 37.2 Å². The van der Waals surface area contributed by atoms with Crippen LogP contribution in [-0.2, 0) is 6.42 Å². The Bertz CT molecular complexity index is 407. The van der Waals surface area contributed by atoms with E-state index in [1.807, 2.05) is 6.26 Å². The lowest BCUT2D eigenvalue weighted by Gasteiger charge is -2.42. The van der Waals surface area contributed by atoms with Crippen LogP contribution in [0, 0.1) is 5.41 Å². The second kappa shape index (κ2) is 4.73. The predicted molar refractivity (Wildman–Crippen MR) is 73.6 cm³/mol. The fraction of sp³-hybridized carbons (Fsp3) is 0.750. The van der Waals surface area contributed by atoms with E-state index >= 15 is 0 Å². The second-order valence-corrected chi connectivity index (χ2v) is 6.70. The Morgan fingerprint density at radius 2 is 2.11 bits per heavy atom. The highest BCUT2D eigenvalue weighted by atomic mass is 16.3. The Labute approximate surface area is 110 Å². The van der Waals surface area contributed by atoms with Crippen molar-refractivity contribution < 1.29 is 4.42 Å². The van der Waals surface area contributed by atoms with Crippen molar-refractivity contribution in [3.8, 4) is 0 Å². The van der Waals surface area contributed by atoms with Crippen molar-refractivity contribution in [1.82, 2.24) is 5.32 Å². The topological polar surface area (TPSA) is 25.2 Å². The molecule has 2 heteroatoms. The molecule has 18 heavy (non-hydrogen) atoms. The molecular weight excluding hydrogens is 222 g/mol. The number of hydrogen-bond acceptors (Lipinski definition) is 2. The van der Waals surface area contributed by atoms with Gasteiger partial charge in [-0.1, -0.05) is 26.7 Å². The van der Waals surface area contributed by atoms with Gasteiger partial charge in [0.15, 0.2) is 0 Å². The smallest absolute Gasteiger partial charge is 0.108 e. The number of fused-ring (bicyclic) bond motifs is 1. The van der Waals surface area contributed by atoms with Gasteiger partial charge in [-0.15, -0.1) is 0 Å². The molecule has 2 nitrogen and oxygen atoms in total. The number of nitrogens with one attached hydrogen (secondary N) is 1. The maximum atomic E-state index is 5.59. The number of hydrogen-bond donors (Lipinski definition) is 1. The molecule has 3 rings (SSSR count). The number of rotatable bonds is 2. The molecule has 2 aliphatic rings. The first-order valence-corrected chi connectivity index (χ1v) is 7.49. The minimum atomic E-state index is 0.444. The average Bonchev–Trinajstić information content (AvgIpc) is 2.81. The number of furan rings is 1. The lowest BCUT2D eigenvalue weighted by Crippen LogP contribution is -2.46. The van der Waals surface area contributed by atoms with Crippen molar-refractivity contribution >= 4 is 0 Å². The van der Waals surface area contributed by atoms with Gasteiger partial charge < -0.3 is 9.73 Å². The Kier molecular flexibility index (Phi) is 3.23. The quantitative estimate of drug-likeness (QED) is 0.846. The van der Waals surface area contributed by atoms with E-state index in [1.54, 1.807) is 0 Å². The molecule has 1 saturated carbocycles. The summed E-state index contributed by atoms with van der Waals surface area (Å²) in [4.78, 5) is 0. The summed E-state index contributed by atoms with van der Waals surface area (Å²) in [6.45, 7) is 4.84. The largest absolute Gasteiger partial charge is 0.469 e. The van der Waals surface area contributed by atoms with Crippen LogP contribution in [0.5, 0.6) is 0 Å². The molecule has 0 bridgehead atoms. The fourth-order valence-corrected chi connectivity index (χ4v) is 3.71. The van der Waals surface area contributed by atoms with Crippen molar-refractivity contribution in [2.24, 2.45) is 5.41 Å². The minimum Gasteiger partial charge on any atom is -0.469 e. The SMILES string of the molecule is CC1(C)CCCCC1NC1CCCc2occc21. The standard InChI is InChI=1S/C16H25NO/c1-16(2)10-4-3-8-15(16)17-13-6-5-7-14-12(13)9-11-18-14/h9,11,13,15,17H,3-8,10H2,1-2H3. The predicted octanol–water partition coefficient (Wildman–Crippen LogP) is 4.22. The summed E-state index contributed by atoms with van der Waals surface area (Å²) in [5, 5.41) is 3.93. The van der Waals surface area contributed by atoms with Gasteiger partial charge in [0.25, 0.3) is 0 Å². The highest BCUT2D eigenvalue weighted by molar-refractivity contribution is 5.24. The van der Waals surface area contributed by atoms with E-state index in [9.17, 15) is 0 Å². The molecule has 1 N–H and O–H groups in total. The average molecular weight is 247 g/mol. The summed E-state index contributed by atoms with van der Waals surface area (Å²) in [5.74, 6) is 1.22. The molecule has 1 aromatic rings. The summed E-state index contributed by atoms with van der Waals surface area (Å²) in [5.41, 5.74) is 1.86. The van der Waals surface area contributed by atoms with E-state index < -0.39 is 0 Å². The third kappa shape index (κ3) is 2.23. The first-order chi connectivity index (χ1) is 8.67. The van der Waals surface area contributed by atoms with Crippen molar-refractivity contribution in [1.29, 1.82) is 0 Å². The molecule has 0 spiro atoms. The molecule has 1 fully saturated rings. The molecule has 100 valence electrons. The first kappa shape index (κ1) is 12.3. The summed E-state index contributed by atoms with van der Waals surface area (Å²) in [6, 6.07) is 3.36. The lowest BCUT2D eigenvalue weighted by atomic mass is 9.72. The molecule has 0 amide bonds. The van der Waals surface area contributed by atoms with Gasteiger partial charge in [0.1, 0.15) is 5.76 Å². The van der Waals surface area contributed by atoms with Gasteiger partial charge in [0.05, 0.1) is 6.26 Å². The second-order valence-electron chi connectivity index (χ2n) is 6.70. The maximum absolute atomic E-state index is 5.59. The monoisotopic (exact) mass is 247 g/mol. The molecule has 0 radical (unpaired) electrons. The Morgan fingerprint density at radius 3 is 2.94 bits per heavy atom. The van der Waals surface area contributed by atoms with Crippen molar-refractivity contribution in [3.63, 3.8) is 0 Å². The minimum absolute atomic E-state index is 0.444. The van der Waals surface area contributed by atoms with E-state index in [0.717, 1.165) is 6.42 Å². The zero-order valence-electron chi connectivity index (χ0n) is 11.7. The lowest BCUT2D eigenvalue weighted by molar-refractivity contribution is 0.151. The summed E-state index contributed by atoms with van der Waals surface area (Å²) in [7, 11) is 0. The van der Waals surface area contributed by atoms with Gasteiger partial charge in [0.2, 0.25) is 0 Å². The van der Waals surface area contributed by atoms with Crippen LogP contribution < -0.4 is 5.32 Å². The highest BCUT2D eigenvalue weighted by Crippen LogP contribution is 2.38. The molecule has 2 aliphatic carbocycles. The van der Waals surface area contributed by atoms with E-state index in [4.69, 9.17) is 4.42 Å². The van der Waals surface area contributed by atoms with Gasteiger partial charge in [-0.2, -0.15) is 0 Å². The van der Waals surface area contributed by atoms with Crippen LogP contribution >= 0.6 is 0 Å². The van der Waals surface area contributed by atoms with Crippen LogP contribution in [0.2, 0.25) is 0 Å². The van der Waals surface area contributed by atoms with Gasteiger partial charge >= 0.3 is 0 Å². The van der Waals surface area contributed by atoms with Crippen LogP contribution in [0.3, 0.4) is 0 Å². The third-order valence-corrected chi connectivity index (χ3v) is 4.96. The number of aryl methyl sites for hydroxylation is 1. The van der Waals surface area contributed by atoms with Crippen LogP contribution in [0.4, 0.5) is 0 Å². The fourth-order valence-electron chi connectivity index (χ4n) is 3.71. The molecular formula is C16H25NO. The molecule has 0 aromatic carbocycles. The summed E-state index contributed by atoms with van der Waals surface area (Å²) in [6.07, 6.45) is 11.0. The van der Waals surface area contributed by atoms with E-state index in [-0.39, 0.29) is 0 Å². The molecule has 1 heterocycles. The Balaban J connectivity index is 1.74. The Hall–Kier alpha value is -0.760. The van der Waals surface area contributed by atoms with Crippen LogP contribution in [0.25, 0.3) is 0 Å². The zero-order valence-corrected chi connectivity index (χ0v) is 11.7. The zero-order chi connectivity index (χ0) is 12.6. The van der Waals surface area contributed by atoms with Gasteiger partial charge in [-0.3, -0.25) is 0 Å². The van der Waals surface area contributed by atoms with Crippen molar-refractivity contribution in [2.75, 3.05) is 0 Å². The van der Waals surface area contributed by atoms with Crippen LogP contribution in [-0.4, -0.2) is 6.04 Å². The third-order valence-electron chi connectivity index (χ3n) is 4.96. The van der Waals surface area contributed by atoms with E-state index in [1.165, 1.54) is 49.8 Å². The maximum Gasteiger partial charge on any atom is 0.108 e. The van der Waals surface area contributed by atoms with Crippen LogP contribution in [0.1, 0.15) is 69.7 Å². The molecule has 2 unspecified atom stereocenters. The first-order valence-electron chi connectivity index (χ1n) is 7.49. The van der Waals surface area contributed by atoms with Crippen molar-refractivity contribution in [2.45, 2.75) is 70.9 Å². The Morgan fingerprint density at radius 1 is 1.22 bits per heavy atom. The van der Waals surface area contributed by atoms with Gasteiger partial charge in [-0.25, -0.2) is 0 Å². The highest BCUT2D eigenvalue weighted by Gasteiger charge is 2.34.